The lowest BCUT2D eigenvalue weighted by molar-refractivity contribution is -0.118. The Kier molecular flexibility index (Phi) is 3.96. The van der Waals surface area contributed by atoms with Gasteiger partial charge in [0.2, 0.25) is 5.91 Å². The highest BCUT2D eigenvalue weighted by Crippen LogP contribution is 2.29. The second-order valence-corrected chi connectivity index (χ2v) is 7.95. The molecule has 0 bridgehead atoms. The molecule has 0 saturated heterocycles. The van der Waals surface area contributed by atoms with Crippen molar-refractivity contribution in [2.24, 2.45) is 0 Å². The third-order valence-electron chi connectivity index (χ3n) is 2.93. The molecule has 0 unspecified atom stereocenters. The Bertz CT molecular complexity index is 583. The lowest BCUT2D eigenvalue weighted by atomic mass is 10.0. The summed E-state index contributed by atoms with van der Waals surface area (Å²) in [5.41, 5.74) is 1.98. The van der Waals surface area contributed by atoms with E-state index in [4.69, 9.17) is 0 Å². The molecule has 0 fully saturated rings. The molecule has 1 heterocycles. The fraction of sp³-hybridized carbons (Fsp3) is 0.417. The molecule has 0 spiro atoms. The van der Waals surface area contributed by atoms with Gasteiger partial charge in [0.1, 0.15) is 9.84 Å². The van der Waals surface area contributed by atoms with Crippen molar-refractivity contribution in [2.45, 2.75) is 12.8 Å². The van der Waals surface area contributed by atoms with E-state index in [0.29, 0.717) is 6.42 Å². The Labute approximate surface area is 120 Å². The molecule has 1 aromatic rings. The van der Waals surface area contributed by atoms with Gasteiger partial charge in [0.15, 0.2) is 0 Å². The second-order valence-electron chi connectivity index (χ2n) is 4.45. The first-order valence-electron chi connectivity index (χ1n) is 5.63. The standard InChI is InChI=1S/C12H14INO3S/c1-18(16,17)7-6-14-11-4-3-10(13)8-9(11)2-5-12(14)15/h3-4,8H,2,5-7H2,1H3. The van der Waals surface area contributed by atoms with Crippen LogP contribution >= 0.6 is 22.6 Å². The van der Waals surface area contributed by atoms with Crippen LogP contribution in [0.4, 0.5) is 5.69 Å². The van der Waals surface area contributed by atoms with E-state index in [1.807, 2.05) is 12.1 Å². The second kappa shape index (κ2) is 5.16. The van der Waals surface area contributed by atoms with Gasteiger partial charge in [-0.05, 0) is 52.8 Å². The molecule has 2 rings (SSSR count). The molecule has 0 N–H and O–H groups in total. The number of hydrogen-bond donors (Lipinski definition) is 0. The van der Waals surface area contributed by atoms with Crippen molar-refractivity contribution in [1.82, 2.24) is 0 Å². The average molecular weight is 379 g/mol. The number of nitrogens with zero attached hydrogens (tertiary/aromatic N) is 1. The molecule has 1 aromatic carbocycles. The molecule has 6 heteroatoms. The molecule has 18 heavy (non-hydrogen) atoms. The first-order chi connectivity index (χ1) is 8.37. The van der Waals surface area contributed by atoms with E-state index in [-0.39, 0.29) is 18.2 Å². The largest absolute Gasteiger partial charge is 0.311 e. The molecule has 0 radical (unpaired) electrons. The van der Waals surface area contributed by atoms with Crippen molar-refractivity contribution in [3.63, 3.8) is 0 Å². The summed E-state index contributed by atoms with van der Waals surface area (Å²) >= 11 is 2.23. The molecule has 0 atom stereocenters. The van der Waals surface area contributed by atoms with Crippen LogP contribution in [0.3, 0.4) is 0 Å². The quantitative estimate of drug-likeness (QED) is 0.750. The Morgan fingerprint density at radius 1 is 1.33 bits per heavy atom. The summed E-state index contributed by atoms with van der Waals surface area (Å²) in [5, 5.41) is 0. The van der Waals surface area contributed by atoms with E-state index in [9.17, 15) is 13.2 Å². The lowest BCUT2D eigenvalue weighted by Gasteiger charge is -2.29. The molecule has 1 aliphatic rings. The smallest absolute Gasteiger partial charge is 0.227 e. The molecule has 1 aliphatic heterocycles. The number of hydrogen-bond acceptors (Lipinski definition) is 3. The van der Waals surface area contributed by atoms with Crippen LogP contribution in [0.5, 0.6) is 0 Å². The topological polar surface area (TPSA) is 54.5 Å². The molecule has 0 aromatic heterocycles. The van der Waals surface area contributed by atoms with E-state index in [1.54, 1.807) is 4.90 Å². The minimum absolute atomic E-state index is 0.00413. The Morgan fingerprint density at radius 3 is 2.72 bits per heavy atom. The number of halogens is 1. The number of anilines is 1. The van der Waals surface area contributed by atoms with Crippen LogP contribution in [0.2, 0.25) is 0 Å². The van der Waals surface area contributed by atoms with Crippen LogP contribution in [-0.4, -0.2) is 32.9 Å². The Balaban J connectivity index is 2.28. The highest BCUT2D eigenvalue weighted by atomic mass is 127. The molecular formula is C12H14INO3S. The van der Waals surface area contributed by atoms with Gasteiger partial charge < -0.3 is 4.90 Å². The first kappa shape index (κ1) is 13.8. The minimum atomic E-state index is -3.05. The molecule has 98 valence electrons. The summed E-state index contributed by atoms with van der Waals surface area (Å²) in [6.07, 6.45) is 2.38. The Hall–Kier alpha value is -0.630. The maximum atomic E-state index is 11.9. The van der Waals surface area contributed by atoms with E-state index >= 15 is 0 Å². The monoisotopic (exact) mass is 379 g/mol. The predicted molar refractivity (Wildman–Crippen MR) is 79.5 cm³/mol. The van der Waals surface area contributed by atoms with E-state index in [0.717, 1.165) is 21.2 Å². The maximum absolute atomic E-state index is 11.9. The van der Waals surface area contributed by atoms with E-state index in [1.165, 1.54) is 6.26 Å². The van der Waals surface area contributed by atoms with Gasteiger partial charge >= 0.3 is 0 Å². The van der Waals surface area contributed by atoms with Crippen molar-refractivity contribution in [3.8, 4) is 0 Å². The number of sulfone groups is 1. The summed E-state index contributed by atoms with van der Waals surface area (Å²) < 4.78 is 23.5. The minimum Gasteiger partial charge on any atom is -0.311 e. The van der Waals surface area contributed by atoms with Crippen LogP contribution in [-0.2, 0) is 21.1 Å². The highest BCUT2D eigenvalue weighted by molar-refractivity contribution is 14.1. The number of fused-ring (bicyclic) bond motifs is 1. The summed E-state index contributed by atoms with van der Waals surface area (Å²) in [6, 6.07) is 5.89. The van der Waals surface area contributed by atoms with Crippen LogP contribution in [0.25, 0.3) is 0 Å². The Morgan fingerprint density at radius 2 is 2.06 bits per heavy atom. The summed E-state index contributed by atoms with van der Waals surface area (Å²) in [6.45, 7) is 0.241. The molecular weight excluding hydrogens is 365 g/mol. The maximum Gasteiger partial charge on any atom is 0.227 e. The van der Waals surface area contributed by atoms with Gasteiger partial charge in [-0.25, -0.2) is 8.42 Å². The number of rotatable bonds is 3. The zero-order valence-corrected chi connectivity index (χ0v) is 13.0. The highest BCUT2D eigenvalue weighted by Gasteiger charge is 2.24. The summed E-state index contributed by atoms with van der Waals surface area (Å²) in [7, 11) is -3.05. The van der Waals surface area contributed by atoms with Gasteiger partial charge in [-0.3, -0.25) is 4.79 Å². The van der Waals surface area contributed by atoms with Crippen molar-refractivity contribution in [2.75, 3.05) is 23.5 Å². The first-order valence-corrected chi connectivity index (χ1v) is 8.77. The van der Waals surface area contributed by atoms with Crippen molar-refractivity contribution >= 4 is 44.0 Å². The number of aryl methyl sites for hydroxylation is 1. The lowest BCUT2D eigenvalue weighted by Crippen LogP contribution is -2.38. The van der Waals surface area contributed by atoms with E-state index in [2.05, 4.69) is 28.7 Å². The zero-order valence-electron chi connectivity index (χ0n) is 10.0. The molecule has 0 aliphatic carbocycles. The predicted octanol–water partition coefficient (Wildman–Crippen LogP) is 1.61. The zero-order chi connectivity index (χ0) is 13.3. The molecule has 0 saturated carbocycles. The number of carbonyl (C=O) groups excluding carboxylic acids is 1. The van der Waals surface area contributed by atoms with Gasteiger partial charge in [-0.2, -0.15) is 0 Å². The van der Waals surface area contributed by atoms with Gasteiger partial charge in [0.25, 0.3) is 0 Å². The van der Waals surface area contributed by atoms with Crippen LogP contribution in [0.15, 0.2) is 18.2 Å². The summed E-state index contributed by atoms with van der Waals surface area (Å²) in [5.74, 6) is 0.0109. The number of amides is 1. The fourth-order valence-corrected chi connectivity index (χ4v) is 3.10. The van der Waals surface area contributed by atoms with E-state index < -0.39 is 9.84 Å². The van der Waals surface area contributed by atoms with Gasteiger partial charge in [0, 0.05) is 28.5 Å². The summed E-state index contributed by atoms with van der Waals surface area (Å²) in [4.78, 5) is 13.5. The third kappa shape index (κ3) is 3.23. The van der Waals surface area contributed by atoms with Gasteiger partial charge in [-0.15, -0.1) is 0 Å². The van der Waals surface area contributed by atoms with Crippen molar-refractivity contribution in [1.29, 1.82) is 0 Å². The number of carbonyl (C=O) groups is 1. The van der Waals surface area contributed by atoms with Crippen LogP contribution in [0.1, 0.15) is 12.0 Å². The van der Waals surface area contributed by atoms with Gasteiger partial charge in [0.05, 0.1) is 5.75 Å². The SMILES string of the molecule is CS(=O)(=O)CCN1C(=O)CCc2cc(I)ccc21. The van der Waals surface area contributed by atoms with Crippen LogP contribution < -0.4 is 4.90 Å². The molecule has 4 nitrogen and oxygen atoms in total. The third-order valence-corrected chi connectivity index (χ3v) is 4.52. The van der Waals surface area contributed by atoms with Gasteiger partial charge in [-0.1, -0.05) is 0 Å². The fourth-order valence-electron chi connectivity index (χ4n) is 2.03. The van der Waals surface area contributed by atoms with Crippen molar-refractivity contribution < 1.29 is 13.2 Å². The average Bonchev–Trinajstić information content (AvgIpc) is 2.26. The van der Waals surface area contributed by atoms with Crippen molar-refractivity contribution in [3.05, 3.63) is 27.3 Å². The number of benzene rings is 1. The normalized spacial score (nSPS) is 15.7. The van der Waals surface area contributed by atoms with Crippen LogP contribution in [0, 0.1) is 3.57 Å². The molecule has 1 amide bonds.